The van der Waals surface area contributed by atoms with E-state index in [9.17, 15) is 0 Å². The summed E-state index contributed by atoms with van der Waals surface area (Å²) in [7, 11) is 1.82. The minimum Gasteiger partial charge on any atom is -0.381 e. The molecule has 5 nitrogen and oxygen atoms in total. The van der Waals surface area contributed by atoms with E-state index in [1.165, 1.54) is 12.8 Å². The third-order valence-electron chi connectivity index (χ3n) is 3.61. The standard InChI is InChI=1S/C14H27N3O2/c1-15-14(17-9-12-3-4-12)16-6-2-7-18-10-13-5-8-19-11-13/h12-13H,2-11H2,1H3,(H2,15,16,17). The van der Waals surface area contributed by atoms with Crippen LogP contribution in [0.4, 0.5) is 0 Å². The van der Waals surface area contributed by atoms with E-state index >= 15 is 0 Å². The topological polar surface area (TPSA) is 54.9 Å². The van der Waals surface area contributed by atoms with E-state index < -0.39 is 0 Å². The third kappa shape index (κ3) is 6.25. The van der Waals surface area contributed by atoms with E-state index in [1.807, 2.05) is 7.05 Å². The van der Waals surface area contributed by atoms with Crippen LogP contribution in [0.1, 0.15) is 25.7 Å². The second-order valence-electron chi connectivity index (χ2n) is 5.48. The molecule has 19 heavy (non-hydrogen) atoms. The molecule has 1 unspecified atom stereocenters. The van der Waals surface area contributed by atoms with Gasteiger partial charge in [0.1, 0.15) is 0 Å². The lowest BCUT2D eigenvalue weighted by molar-refractivity contribution is 0.0888. The fourth-order valence-corrected chi connectivity index (χ4v) is 2.13. The van der Waals surface area contributed by atoms with Gasteiger partial charge in [-0.15, -0.1) is 0 Å². The minimum absolute atomic E-state index is 0.612. The van der Waals surface area contributed by atoms with Crippen LogP contribution in [0.2, 0.25) is 0 Å². The monoisotopic (exact) mass is 269 g/mol. The van der Waals surface area contributed by atoms with Crippen LogP contribution in [-0.2, 0) is 9.47 Å². The van der Waals surface area contributed by atoms with Crippen molar-refractivity contribution >= 4 is 5.96 Å². The van der Waals surface area contributed by atoms with E-state index in [1.54, 1.807) is 0 Å². The van der Waals surface area contributed by atoms with Gasteiger partial charge < -0.3 is 20.1 Å². The molecule has 1 saturated carbocycles. The maximum absolute atomic E-state index is 5.66. The van der Waals surface area contributed by atoms with Gasteiger partial charge in [0.2, 0.25) is 0 Å². The molecule has 0 aromatic rings. The first-order valence-corrected chi connectivity index (χ1v) is 7.48. The summed E-state index contributed by atoms with van der Waals surface area (Å²) in [6.45, 7) is 5.38. The van der Waals surface area contributed by atoms with Gasteiger partial charge in [0.15, 0.2) is 5.96 Å². The molecule has 1 saturated heterocycles. The molecule has 2 aliphatic rings. The van der Waals surface area contributed by atoms with Crippen LogP contribution in [0.15, 0.2) is 4.99 Å². The van der Waals surface area contributed by atoms with Gasteiger partial charge in [-0.1, -0.05) is 0 Å². The highest BCUT2D eigenvalue weighted by Crippen LogP contribution is 2.27. The van der Waals surface area contributed by atoms with E-state index in [2.05, 4.69) is 15.6 Å². The highest BCUT2D eigenvalue weighted by atomic mass is 16.5. The maximum Gasteiger partial charge on any atom is 0.190 e. The Labute approximate surface area is 116 Å². The number of hydrogen-bond acceptors (Lipinski definition) is 3. The Morgan fingerprint density at radius 2 is 2.16 bits per heavy atom. The van der Waals surface area contributed by atoms with Gasteiger partial charge in [0.25, 0.3) is 0 Å². The van der Waals surface area contributed by atoms with Gasteiger partial charge in [-0.25, -0.2) is 0 Å². The largest absolute Gasteiger partial charge is 0.381 e. The molecular formula is C14H27N3O2. The lowest BCUT2D eigenvalue weighted by Gasteiger charge is -2.12. The van der Waals surface area contributed by atoms with Crippen molar-refractivity contribution in [2.45, 2.75) is 25.7 Å². The van der Waals surface area contributed by atoms with E-state index in [-0.39, 0.29) is 0 Å². The quantitative estimate of drug-likeness (QED) is 0.392. The van der Waals surface area contributed by atoms with Crippen molar-refractivity contribution in [1.29, 1.82) is 0 Å². The zero-order valence-corrected chi connectivity index (χ0v) is 12.0. The molecule has 0 radical (unpaired) electrons. The Balaban J connectivity index is 1.41. The molecule has 5 heteroatoms. The second-order valence-corrected chi connectivity index (χ2v) is 5.48. The van der Waals surface area contributed by atoms with Crippen molar-refractivity contribution < 1.29 is 9.47 Å². The second kappa shape index (κ2) is 8.38. The van der Waals surface area contributed by atoms with Crippen LogP contribution >= 0.6 is 0 Å². The third-order valence-corrected chi connectivity index (χ3v) is 3.61. The smallest absolute Gasteiger partial charge is 0.190 e. The first-order chi connectivity index (χ1) is 9.38. The summed E-state index contributed by atoms with van der Waals surface area (Å²) in [5.41, 5.74) is 0. The number of aliphatic imine (C=N–C) groups is 1. The summed E-state index contributed by atoms with van der Waals surface area (Å²) in [5.74, 6) is 2.40. The molecule has 0 aromatic heterocycles. The number of rotatable bonds is 8. The fourth-order valence-electron chi connectivity index (χ4n) is 2.13. The molecule has 2 fully saturated rings. The highest BCUT2D eigenvalue weighted by Gasteiger charge is 2.20. The van der Waals surface area contributed by atoms with Gasteiger partial charge in [-0.3, -0.25) is 4.99 Å². The first kappa shape index (κ1) is 14.6. The van der Waals surface area contributed by atoms with E-state index in [0.29, 0.717) is 5.92 Å². The number of ether oxygens (including phenoxy) is 2. The minimum atomic E-state index is 0.612. The average Bonchev–Trinajstić information content (AvgIpc) is 3.11. The molecule has 0 spiro atoms. The number of nitrogens with zero attached hydrogens (tertiary/aromatic N) is 1. The van der Waals surface area contributed by atoms with Crippen LogP contribution in [0.3, 0.4) is 0 Å². The van der Waals surface area contributed by atoms with Gasteiger partial charge in [0, 0.05) is 39.3 Å². The Morgan fingerprint density at radius 1 is 1.26 bits per heavy atom. The van der Waals surface area contributed by atoms with Gasteiger partial charge in [0.05, 0.1) is 13.2 Å². The summed E-state index contributed by atoms with van der Waals surface area (Å²) >= 11 is 0. The predicted octanol–water partition coefficient (Wildman–Crippen LogP) is 1.00. The van der Waals surface area contributed by atoms with Crippen molar-refractivity contribution in [3.63, 3.8) is 0 Å². The molecule has 1 atom stereocenters. The summed E-state index contributed by atoms with van der Waals surface area (Å²) in [5, 5.41) is 6.66. The molecule has 2 N–H and O–H groups in total. The molecule has 1 aliphatic heterocycles. The lowest BCUT2D eigenvalue weighted by Crippen LogP contribution is -2.39. The van der Waals surface area contributed by atoms with Crippen molar-refractivity contribution in [2.24, 2.45) is 16.8 Å². The molecule has 0 aromatic carbocycles. The maximum atomic E-state index is 5.66. The molecule has 0 amide bonds. The number of nitrogens with one attached hydrogen (secondary N) is 2. The molecule has 2 rings (SSSR count). The number of hydrogen-bond donors (Lipinski definition) is 2. The highest BCUT2D eigenvalue weighted by molar-refractivity contribution is 5.79. The Bertz CT molecular complexity index is 274. The lowest BCUT2D eigenvalue weighted by atomic mass is 10.1. The van der Waals surface area contributed by atoms with Gasteiger partial charge in [-0.2, -0.15) is 0 Å². The molecule has 1 aliphatic carbocycles. The van der Waals surface area contributed by atoms with Crippen molar-refractivity contribution in [3.8, 4) is 0 Å². The Kier molecular flexibility index (Phi) is 6.44. The molecule has 1 heterocycles. The Hall–Kier alpha value is -0.810. The van der Waals surface area contributed by atoms with Crippen LogP contribution in [0.5, 0.6) is 0 Å². The number of guanidine groups is 1. The van der Waals surface area contributed by atoms with E-state index in [0.717, 1.165) is 64.2 Å². The average molecular weight is 269 g/mol. The predicted molar refractivity (Wildman–Crippen MR) is 76.5 cm³/mol. The summed E-state index contributed by atoms with van der Waals surface area (Å²) in [6.07, 6.45) is 4.89. The normalized spacial score (nSPS) is 23.6. The van der Waals surface area contributed by atoms with Crippen LogP contribution in [-0.4, -0.2) is 52.5 Å². The summed E-state index contributed by atoms with van der Waals surface area (Å²) in [4.78, 5) is 4.21. The fraction of sp³-hybridized carbons (Fsp3) is 0.929. The molecular weight excluding hydrogens is 242 g/mol. The van der Waals surface area contributed by atoms with Crippen molar-refractivity contribution in [2.75, 3.05) is 46.6 Å². The van der Waals surface area contributed by atoms with Crippen molar-refractivity contribution in [3.05, 3.63) is 0 Å². The summed E-state index contributed by atoms with van der Waals surface area (Å²) < 4.78 is 11.0. The van der Waals surface area contributed by atoms with Crippen LogP contribution in [0, 0.1) is 11.8 Å². The molecule has 0 bridgehead atoms. The van der Waals surface area contributed by atoms with Gasteiger partial charge in [-0.05, 0) is 31.6 Å². The Morgan fingerprint density at radius 3 is 2.84 bits per heavy atom. The first-order valence-electron chi connectivity index (χ1n) is 7.48. The van der Waals surface area contributed by atoms with E-state index in [4.69, 9.17) is 9.47 Å². The van der Waals surface area contributed by atoms with Crippen LogP contribution in [0.25, 0.3) is 0 Å². The zero-order chi connectivity index (χ0) is 13.3. The SMILES string of the molecule is CN=C(NCCCOCC1CCOC1)NCC1CC1. The van der Waals surface area contributed by atoms with Gasteiger partial charge >= 0.3 is 0 Å². The summed E-state index contributed by atoms with van der Waals surface area (Å²) in [6, 6.07) is 0. The van der Waals surface area contributed by atoms with Crippen LogP contribution < -0.4 is 10.6 Å². The zero-order valence-electron chi connectivity index (χ0n) is 12.0. The van der Waals surface area contributed by atoms with Crippen molar-refractivity contribution in [1.82, 2.24) is 10.6 Å². The molecule has 110 valence electrons.